The average Bonchev–Trinajstić information content (AvgIpc) is 3.64. The molecule has 5 aliphatic rings. The van der Waals surface area contributed by atoms with Gasteiger partial charge < -0.3 is 29.9 Å². The minimum Gasteiger partial charge on any atom is -0.494 e. The number of hydrogen-bond donors (Lipinski definition) is 2. The van der Waals surface area contributed by atoms with Crippen molar-refractivity contribution in [3.63, 3.8) is 0 Å². The molecule has 2 saturated heterocycles. The number of aromatic nitrogens is 1. The first kappa shape index (κ1) is 37.7. The molecule has 2 aromatic rings. The molecule has 11 heteroatoms. The number of rotatable bonds is 10. The average molecular weight is 714 g/mol. The molecule has 7 rings (SSSR count). The van der Waals surface area contributed by atoms with Crippen LogP contribution in [0.2, 0.25) is 0 Å². The Labute approximate surface area is 302 Å². The Morgan fingerprint density at radius 3 is 2.63 bits per heavy atom. The van der Waals surface area contributed by atoms with E-state index in [1.807, 2.05) is 13.8 Å². The zero-order chi connectivity index (χ0) is 36.0. The molecule has 8 nitrogen and oxygen atoms in total. The number of hydrazine groups is 1. The second kappa shape index (κ2) is 17.2. The van der Waals surface area contributed by atoms with Gasteiger partial charge >= 0.3 is 6.18 Å². The standard InChI is InChI=1S/C38H52F3N5O3.C2H6/c39-38(40,41)35-8-2-9-36(44-35)49-34-7-3-21-48-37(34)33(42)24-46(43)27-16-19-45(20-17-27)18-4-22-47-28-12-15-30-26(23-28)11-14-31-29-6-1-5-25(29)10-13-32(30)31;1-2/h2,8-9,12,15,23-25,27,29,31-32,34,37H,1,3-7,10-11,13-14,16-22,42-43H2;1-2H3/b33-24-;. The van der Waals surface area contributed by atoms with Crippen molar-refractivity contribution in [3.05, 3.63) is 65.1 Å². The van der Waals surface area contributed by atoms with Gasteiger partial charge in [0.15, 0.2) is 0 Å². The van der Waals surface area contributed by atoms with Gasteiger partial charge in [-0.1, -0.05) is 38.8 Å². The van der Waals surface area contributed by atoms with E-state index in [4.69, 9.17) is 25.8 Å². The summed E-state index contributed by atoms with van der Waals surface area (Å²) in [6.45, 7) is 8.03. The van der Waals surface area contributed by atoms with Gasteiger partial charge in [0.2, 0.25) is 5.88 Å². The summed E-state index contributed by atoms with van der Waals surface area (Å²) in [7, 11) is 0. The smallest absolute Gasteiger partial charge is 0.433 e. The van der Waals surface area contributed by atoms with Gasteiger partial charge in [-0.3, -0.25) is 0 Å². The molecule has 1 aromatic heterocycles. The van der Waals surface area contributed by atoms with Crippen LogP contribution in [0.1, 0.15) is 107 Å². The number of piperidine rings is 1. The third kappa shape index (κ3) is 9.14. The van der Waals surface area contributed by atoms with Crippen molar-refractivity contribution in [1.82, 2.24) is 14.9 Å². The minimum atomic E-state index is -4.55. The Hall–Kier alpha value is -3.02. The van der Waals surface area contributed by atoms with E-state index in [2.05, 4.69) is 28.1 Å². The lowest BCUT2D eigenvalue weighted by atomic mass is 9.61. The number of ether oxygens (including phenoxy) is 3. The predicted molar refractivity (Wildman–Crippen MR) is 193 cm³/mol. The Bertz CT molecular complexity index is 1450. The molecule has 3 heterocycles. The first-order chi connectivity index (χ1) is 24.7. The number of halogens is 3. The van der Waals surface area contributed by atoms with E-state index in [0.717, 1.165) is 74.4 Å². The Balaban J connectivity index is 0.00000220. The maximum absolute atomic E-state index is 13.1. The largest absolute Gasteiger partial charge is 0.494 e. The van der Waals surface area contributed by atoms with E-state index in [0.29, 0.717) is 31.8 Å². The minimum absolute atomic E-state index is 0.104. The lowest BCUT2D eigenvalue weighted by Crippen LogP contribution is -2.47. The molecule has 1 aromatic carbocycles. The number of benzene rings is 1. The highest BCUT2D eigenvalue weighted by atomic mass is 19.4. The van der Waals surface area contributed by atoms with Crippen LogP contribution >= 0.6 is 0 Å². The Kier molecular flexibility index (Phi) is 12.7. The SMILES string of the molecule is CC.N/C(=C\N(N)C1CCN(CCCOc2ccc3c(c2)CCC2C3CCC3CCCC32)CC1)C1OCCCC1Oc1cccc(C(F)(F)F)n1. The van der Waals surface area contributed by atoms with Crippen LogP contribution in [-0.2, 0) is 17.3 Å². The van der Waals surface area contributed by atoms with Gasteiger partial charge in [-0.05, 0) is 117 Å². The summed E-state index contributed by atoms with van der Waals surface area (Å²) in [5, 5.41) is 1.66. The molecule has 2 aliphatic heterocycles. The second-order valence-electron chi connectivity index (χ2n) is 14.9. The number of pyridine rings is 1. The van der Waals surface area contributed by atoms with Crippen LogP contribution < -0.4 is 21.1 Å². The van der Waals surface area contributed by atoms with Gasteiger partial charge in [-0.2, -0.15) is 13.2 Å². The molecule has 6 atom stereocenters. The number of nitrogens with two attached hydrogens (primary N) is 2. The molecule has 0 spiro atoms. The monoisotopic (exact) mass is 713 g/mol. The van der Waals surface area contributed by atoms with Crippen LogP contribution in [0, 0.1) is 17.8 Å². The summed E-state index contributed by atoms with van der Waals surface area (Å²) in [5.74, 6) is 11.0. The van der Waals surface area contributed by atoms with Crippen molar-refractivity contribution in [2.24, 2.45) is 29.3 Å². The molecular formula is C40H58F3N5O3. The van der Waals surface area contributed by atoms with Gasteiger partial charge in [-0.15, -0.1) is 0 Å². The van der Waals surface area contributed by atoms with Crippen molar-refractivity contribution in [1.29, 1.82) is 0 Å². The number of nitrogens with zero attached hydrogens (tertiary/aromatic N) is 3. The number of aryl methyl sites for hydroxylation is 1. The zero-order valence-corrected chi connectivity index (χ0v) is 30.5. The molecule has 4 N–H and O–H groups in total. The van der Waals surface area contributed by atoms with E-state index >= 15 is 0 Å². The fourth-order valence-electron chi connectivity index (χ4n) is 9.52. The highest BCUT2D eigenvalue weighted by Crippen LogP contribution is 2.55. The topological polar surface area (TPSA) is 99.1 Å². The lowest BCUT2D eigenvalue weighted by molar-refractivity contribution is -0.141. The van der Waals surface area contributed by atoms with Crippen LogP contribution in [0.3, 0.4) is 0 Å². The van der Waals surface area contributed by atoms with Gasteiger partial charge in [0.05, 0.1) is 12.3 Å². The van der Waals surface area contributed by atoms with Gasteiger partial charge in [-0.25, -0.2) is 10.8 Å². The molecule has 0 bridgehead atoms. The normalized spacial score (nSPS) is 28.5. The molecule has 0 amide bonds. The molecule has 3 aliphatic carbocycles. The van der Waals surface area contributed by atoms with Crippen molar-refractivity contribution >= 4 is 0 Å². The summed E-state index contributed by atoms with van der Waals surface area (Å²) < 4.78 is 57.5. The fraction of sp³-hybridized carbons (Fsp3) is 0.675. The third-order valence-corrected chi connectivity index (χ3v) is 11.9. The lowest BCUT2D eigenvalue weighted by Gasteiger charge is -2.44. The van der Waals surface area contributed by atoms with E-state index < -0.39 is 24.1 Å². The zero-order valence-electron chi connectivity index (χ0n) is 30.5. The van der Waals surface area contributed by atoms with E-state index in [9.17, 15) is 13.2 Å². The summed E-state index contributed by atoms with van der Waals surface area (Å²) in [4.78, 5) is 6.10. The highest BCUT2D eigenvalue weighted by Gasteiger charge is 2.44. The summed E-state index contributed by atoms with van der Waals surface area (Å²) >= 11 is 0. The van der Waals surface area contributed by atoms with Crippen molar-refractivity contribution in [3.8, 4) is 11.6 Å². The number of hydrogen-bond acceptors (Lipinski definition) is 8. The summed E-state index contributed by atoms with van der Waals surface area (Å²) in [5.41, 5.74) is 8.97. The van der Waals surface area contributed by atoms with Crippen molar-refractivity contribution in [2.75, 3.05) is 32.8 Å². The highest BCUT2D eigenvalue weighted by molar-refractivity contribution is 5.40. The summed E-state index contributed by atoms with van der Waals surface area (Å²) in [6.07, 6.45) is 9.71. The van der Waals surface area contributed by atoms with Crippen LogP contribution in [0.5, 0.6) is 11.6 Å². The molecule has 0 radical (unpaired) electrons. The quantitative estimate of drug-likeness (QED) is 0.146. The first-order valence-corrected chi connectivity index (χ1v) is 19.5. The predicted octanol–water partition coefficient (Wildman–Crippen LogP) is 7.82. The van der Waals surface area contributed by atoms with Crippen LogP contribution in [0.25, 0.3) is 0 Å². The van der Waals surface area contributed by atoms with Gasteiger partial charge in [0.25, 0.3) is 0 Å². The molecule has 2 saturated carbocycles. The van der Waals surface area contributed by atoms with Crippen LogP contribution in [0.15, 0.2) is 48.3 Å². The van der Waals surface area contributed by atoms with Crippen molar-refractivity contribution < 1.29 is 27.4 Å². The number of fused-ring (bicyclic) bond motifs is 5. The maximum Gasteiger partial charge on any atom is 0.433 e. The Morgan fingerprint density at radius 1 is 1.00 bits per heavy atom. The summed E-state index contributed by atoms with van der Waals surface area (Å²) in [6, 6.07) is 10.6. The van der Waals surface area contributed by atoms with Crippen LogP contribution in [-0.4, -0.2) is 66.0 Å². The maximum atomic E-state index is 13.1. The fourth-order valence-corrected chi connectivity index (χ4v) is 9.52. The van der Waals surface area contributed by atoms with E-state index in [1.54, 1.807) is 16.8 Å². The second-order valence-corrected chi connectivity index (χ2v) is 14.9. The molecule has 6 unspecified atom stereocenters. The number of alkyl halides is 3. The molecule has 4 fully saturated rings. The molecule has 51 heavy (non-hydrogen) atoms. The first-order valence-electron chi connectivity index (χ1n) is 19.5. The third-order valence-electron chi connectivity index (χ3n) is 11.9. The molecular weight excluding hydrogens is 655 g/mol. The van der Waals surface area contributed by atoms with E-state index in [1.165, 1.54) is 62.6 Å². The van der Waals surface area contributed by atoms with Crippen molar-refractivity contribution in [2.45, 2.75) is 121 Å². The van der Waals surface area contributed by atoms with Gasteiger partial charge in [0, 0.05) is 44.5 Å². The number of likely N-dealkylation sites (tertiary alicyclic amines) is 1. The van der Waals surface area contributed by atoms with Gasteiger partial charge in [0.1, 0.15) is 23.7 Å². The van der Waals surface area contributed by atoms with E-state index in [-0.39, 0.29) is 11.9 Å². The molecule has 282 valence electrons. The Morgan fingerprint density at radius 2 is 1.82 bits per heavy atom. The van der Waals surface area contributed by atoms with Crippen LogP contribution in [0.4, 0.5) is 13.2 Å².